The second-order valence-electron chi connectivity index (χ2n) is 4.28. The molecule has 98 valence electrons. The van der Waals surface area contributed by atoms with Crippen molar-refractivity contribution in [1.82, 2.24) is 0 Å². The van der Waals surface area contributed by atoms with Crippen LogP contribution in [0.25, 0.3) is 0 Å². The molecule has 19 heavy (non-hydrogen) atoms. The standard InChI is InChI=1S/C16H15FO2/c1-12(18)15-8-7-14(11-16(15)17)19-10-9-13-5-3-2-4-6-13/h2-8,11H,9-10H2,1H3. The summed E-state index contributed by atoms with van der Waals surface area (Å²) >= 11 is 0. The smallest absolute Gasteiger partial charge is 0.162 e. The molecule has 0 amide bonds. The fraction of sp³-hybridized carbons (Fsp3) is 0.188. The fourth-order valence-corrected chi connectivity index (χ4v) is 1.80. The van der Waals surface area contributed by atoms with Crippen molar-refractivity contribution < 1.29 is 13.9 Å². The molecule has 0 aromatic heterocycles. The lowest BCUT2D eigenvalue weighted by molar-refractivity contribution is 0.101. The van der Waals surface area contributed by atoms with Crippen LogP contribution >= 0.6 is 0 Å². The maximum absolute atomic E-state index is 13.6. The van der Waals surface area contributed by atoms with Gasteiger partial charge in [-0.1, -0.05) is 30.3 Å². The minimum Gasteiger partial charge on any atom is -0.493 e. The van der Waals surface area contributed by atoms with Crippen LogP contribution in [0.3, 0.4) is 0 Å². The van der Waals surface area contributed by atoms with E-state index in [1.165, 1.54) is 24.6 Å². The topological polar surface area (TPSA) is 26.3 Å². The van der Waals surface area contributed by atoms with Crippen molar-refractivity contribution in [2.24, 2.45) is 0 Å². The second-order valence-corrected chi connectivity index (χ2v) is 4.28. The molecule has 2 rings (SSSR count). The summed E-state index contributed by atoms with van der Waals surface area (Å²) < 4.78 is 19.0. The molecule has 0 N–H and O–H groups in total. The van der Waals surface area contributed by atoms with Gasteiger partial charge in [-0.25, -0.2) is 4.39 Å². The SMILES string of the molecule is CC(=O)c1ccc(OCCc2ccccc2)cc1F. The van der Waals surface area contributed by atoms with E-state index in [0.717, 1.165) is 6.42 Å². The predicted molar refractivity (Wildman–Crippen MR) is 72.0 cm³/mol. The zero-order valence-corrected chi connectivity index (χ0v) is 10.7. The van der Waals surface area contributed by atoms with Crippen molar-refractivity contribution in [3.8, 4) is 5.75 Å². The van der Waals surface area contributed by atoms with E-state index in [-0.39, 0.29) is 11.3 Å². The number of carbonyl (C=O) groups is 1. The summed E-state index contributed by atoms with van der Waals surface area (Å²) in [6.07, 6.45) is 0.761. The van der Waals surface area contributed by atoms with Crippen LogP contribution in [0.2, 0.25) is 0 Å². The number of rotatable bonds is 5. The summed E-state index contributed by atoms with van der Waals surface area (Å²) in [5.41, 5.74) is 1.26. The summed E-state index contributed by atoms with van der Waals surface area (Å²) in [6.45, 7) is 1.82. The van der Waals surface area contributed by atoms with E-state index in [1.54, 1.807) is 6.07 Å². The van der Waals surface area contributed by atoms with E-state index in [0.29, 0.717) is 12.4 Å². The van der Waals surface area contributed by atoms with Gasteiger partial charge < -0.3 is 4.74 Å². The van der Waals surface area contributed by atoms with Crippen LogP contribution < -0.4 is 4.74 Å². The molecule has 0 aliphatic carbocycles. The van der Waals surface area contributed by atoms with E-state index in [9.17, 15) is 9.18 Å². The maximum Gasteiger partial charge on any atom is 0.162 e. The van der Waals surface area contributed by atoms with E-state index in [4.69, 9.17) is 4.74 Å². The second kappa shape index (κ2) is 6.14. The summed E-state index contributed by atoms with van der Waals surface area (Å²) in [7, 11) is 0. The summed E-state index contributed by atoms with van der Waals surface area (Å²) in [5, 5.41) is 0. The van der Waals surface area contributed by atoms with Gasteiger partial charge in [-0.15, -0.1) is 0 Å². The molecule has 0 spiro atoms. The number of benzene rings is 2. The Bertz CT molecular complexity index is 564. The van der Waals surface area contributed by atoms with Gasteiger partial charge in [0, 0.05) is 12.5 Å². The molecule has 0 unspecified atom stereocenters. The van der Waals surface area contributed by atoms with Crippen LogP contribution in [0, 0.1) is 5.82 Å². The van der Waals surface area contributed by atoms with Crippen molar-refractivity contribution in [1.29, 1.82) is 0 Å². The van der Waals surface area contributed by atoms with E-state index < -0.39 is 5.82 Å². The zero-order valence-electron chi connectivity index (χ0n) is 10.7. The Balaban J connectivity index is 1.93. The van der Waals surface area contributed by atoms with Crippen molar-refractivity contribution in [2.75, 3.05) is 6.61 Å². The highest BCUT2D eigenvalue weighted by atomic mass is 19.1. The Morgan fingerprint density at radius 1 is 1.16 bits per heavy atom. The summed E-state index contributed by atoms with van der Waals surface area (Å²) in [5.74, 6) is -0.378. The number of halogens is 1. The van der Waals surface area contributed by atoms with Crippen LogP contribution in [0.1, 0.15) is 22.8 Å². The number of ketones is 1. The first kappa shape index (κ1) is 13.3. The van der Waals surface area contributed by atoms with Crippen LogP contribution in [0.4, 0.5) is 4.39 Å². The minimum atomic E-state index is -0.537. The van der Waals surface area contributed by atoms with Gasteiger partial charge in [0.05, 0.1) is 12.2 Å². The number of carbonyl (C=O) groups excluding carboxylic acids is 1. The molecular formula is C16H15FO2. The first-order valence-corrected chi connectivity index (χ1v) is 6.14. The van der Waals surface area contributed by atoms with Crippen molar-refractivity contribution in [2.45, 2.75) is 13.3 Å². The zero-order chi connectivity index (χ0) is 13.7. The lowest BCUT2D eigenvalue weighted by Crippen LogP contribution is -2.03. The lowest BCUT2D eigenvalue weighted by atomic mass is 10.1. The monoisotopic (exact) mass is 258 g/mol. The van der Waals surface area contributed by atoms with E-state index >= 15 is 0 Å². The first-order valence-electron chi connectivity index (χ1n) is 6.14. The Morgan fingerprint density at radius 2 is 1.89 bits per heavy atom. The van der Waals surface area contributed by atoms with Gasteiger partial charge in [0.25, 0.3) is 0 Å². The van der Waals surface area contributed by atoms with Crippen LogP contribution in [-0.4, -0.2) is 12.4 Å². The molecule has 0 saturated carbocycles. The molecule has 0 fully saturated rings. The van der Waals surface area contributed by atoms with Gasteiger partial charge in [0.1, 0.15) is 11.6 Å². The molecule has 2 aromatic rings. The van der Waals surface area contributed by atoms with Crippen molar-refractivity contribution >= 4 is 5.78 Å². The fourth-order valence-electron chi connectivity index (χ4n) is 1.80. The third kappa shape index (κ3) is 3.65. The summed E-state index contributed by atoms with van der Waals surface area (Å²) in [6, 6.07) is 14.3. The molecule has 2 nitrogen and oxygen atoms in total. The van der Waals surface area contributed by atoms with E-state index in [2.05, 4.69) is 0 Å². The van der Waals surface area contributed by atoms with Gasteiger partial charge in [0.15, 0.2) is 5.78 Å². The van der Waals surface area contributed by atoms with Crippen LogP contribution in [-0.2, 0) is 6.42 Å². The van der Waals surface area contributed by atoms with Gasteiger partial charge >= 0.3 is 0 Å². The third-order valence-corrected chi connectivity index (χ3v) is 2.82. The van der Waals surface area contributed by atoms with Crippen LogP contribution in [0.5, 0.6) is 5.75 Å². The largest absolute Gasteiger partial charge is 0.493 e. The highest BCUT2D eigenvalue weighted by Gasteiger charge is 2.08. The Morgan fingerprint density at radius 3 is 2.53 bits per heavy atom. The van der Waals surface area contributed by atoms with Crippen molar-refractivity contribution in [3.05, 3.63) is 65.5 Å². The Hall–Kier alpha value is -2.16. The molecular weight excluding hydrogens is 243 g/mol. The quantitative estimate of drug-likeness (QED) is 0.765. The third-order valence-electron chi connectivity index (χ3n) is 2.82. The van der Waals surface area contributed by atoms with E-state index in [1.807, 2.05) is 30.3 Å². The molecule has 3 heteroatoms. The number of Topliss-reactive ketones (excluding diaryl/α,β-unsaturated/α-hetero) is 1. The first-order chi connectivity index (χ1) is 9.16. The van der Waals surface area contributed by atoms with Gasteiger partial charge in [-0.2, -0.15) is 0 Å². The lowest BCUT2D eigenvalue weighted by Gasteiger charge is -2.07. The normalized spacial score (nSPS) is 10.2. The Kier molecular flexibility index (Phi) is 4.29. The van der Waals surface area contributed by atoms with Gasteiger partial charge in [0.2, 0.25) is 0 Å². The highest BCUT2D eigenvalue weighted by Crippen LogP contribution is 2.17. The minimum absolute atomic E-state index is 0.0930. The number of hydrogen-bond donors (Lipinski definition) is 0. The molecule has 0 saturated heterocycles. The Labute approximate surface area is 111 Å². The molecule has 0 aliphatic rings. The predicted octanol–water partition coefficient (Wildman–Crippen LogP) is 3.65. The number of ether oxygens (including phenoxy) is 1. The maximum atomic E-state index is 13.6. The highest BCUT2D eigenvalue weighted by molar-refractivity contribution is 5.94. The molecule has 0 radical (unpaired) electrons. The van der Waals surface area contributed by atoms with Gasteiger partial charge in [-0.05, 0) is 24.6 Å². The average molecular weight is 258 g/mol. The number of hydrogen-bond acceptors (Lipinski definition) is 2. The average Bonchev–Trinajstić information content (AvgIpc) is 2.39. The van der Waals surface area contributed by atoms with Crippen LogP contribution in [0.15, 0.2) is 48.5 Å². The molecule has 2 aromatic carbocycles. The van der Waals surface area contributed by atoms with Crippen molar-refractivity contribution in [3.63, 3.8) is 0 Å². The molecule has 0 aliphatic heterocycles. The molecule has 0 atom stereocenters. The molecule has 0 bridgehead atoms. The summed E-state index contributed by atoms with van der Waals surface area (Å²) in [4.78, 5) is 11.1. The van der Waals surface area contributed by atoms with Gasteiger partial charge in [-0.3, -0.25) is 4.79 Å². The molecule has 0 heterocycles.